The minimum absolute atomic E-state index is 0.190. The van der Waals surface area contributed by atoms with Crippen LogP contribution in [0.15, 0.2) is 48.6 Å². The van der Waals surface area contributed by atoms with Gasteiger partial charge < -0.3 is 9.47 Å². The SMILES string of the molecule is CCCC/C=C\CCCCCCCC/C=C\CCOC(C)=O.CCCC/C=C\CCCCCCCCC/C=C/COC(C)=O. The molecule has 0 saturated carbocycles. The molecule has 0 atom stereocenters. The molecule has 0 amide bonds. The Labute approximate surface area is 274 Å². The highest BCUT2D eigenvalue weighted by atomic mass is 16.5. The van der Waals surface area contributed by atoms with E-state index in [0.717, 1.165) is 19.3 Å². The Hall–Kier alpha value is -2.10. The van der Waals surface area contributed by atoms with Gasteiger partial charge in [0.15, 0.2) is 0 Å². The summed E-state index contributed by atoms with van der Waals surface area (Å²) in [4.78, 5) is 21.1. The molecule has 0 aliphatic heterocycles. The van der Waals surface area contributed by atoms with Gasteiger partial charge in [-0.1, -0.05) is 146 Å². The second-order valence-corrected chi connectivity index (χ2v) is 11.9. The molecule has 0 aromatic carbocycles. The molecule has 0 saturated heterocycles. The second kappa shape index (κ2) is 40.9. The van der Waals surface area contributed by atoms with Gasteiger partial charge in [0.25, 0.3) is 0 Å². The summed E-state index contributed by atoms with van der Waals surface area (Å²) in [5.74, 6) is -0.397. The van der Waals surface area contributed by atoms with Gasteiger partial charge in [0.2, 0.25) is 0 Å². The van der Waals surface area contributed by atoms with Crippen molar-refractivity contribution in [2.45, 2.75) is 182 Å². The number of allylic oxidation sites excluding steroid dienone is 6. The zero-order valence-electron chi connectivity index (χ0n) is 29.6. The lowest BCUT2D eigenvalue weighted by atomic mass is 10.1. The molecule has 0 unspecified atom stereocenters. The fraction of sp³-hybridized carbons (Fsp3) is 0.750. The summed E-state index contributed by atoms with van der Waals surface area (Å²) in [6.45, 7) is 8.31. The van der Waals surface area contributed by atoms with Crippen LogP contribution in [0.3, 0.4) is 0 Å². The van der Waals surface area contributed by atoms with Crippen LogP contribution >= 0.6 is 0 Å². The fourth-order valence-electron chi connectivity index (χ4n) is 4.61. The molecule has 0 N–H and O–H groups in total. The third-order valence-electron chi connectivity index (χ3n) is 7.32. The molecule has 0 radical (unpaired) electrons. The van der Waals surface area contributed by atoms with Crippen LogP contribution in [0.2, 0.25) is 0 Å². The van der Waals surface area contributed by atoms with Crippen LogP contribution in [-0.4, -0.2) is 25.2 Å². The molecule has 0 fully saturated rings. The second-order valence-electron chi connectivity index (χ2n) is 11.9. The summed E-state index contributed by atoms with van der Waals surface area (Å²) < 4.78 is 9.70. The van der Waals surface area contributed by atoms with Crippen molar-refractivity contribution < 1.29 is 19.1 Å². The Morgan fingerprint density at radius 3 is 1.02 bits per heavy atom. The van der Waals surface area contributed by atoms with Gasteiger partial charge in [0, 0.05) is 13.8 Å². The van der Waals surface area contributed by atoms with Crippen molar-refractivity contribution in [2.24, 2.45) is 0 Å². The zero-order chi connectivity index (χ0) is 32.6. The van der Waals surface area contributed by atoms with E-state index in [1.165, 1.54) is 149 Å². The molecule has 256 valence electrons. The van der Waals surface area contributed by atoms with Gasteiger partial charge >= 0.3 is 11.9 Å². The van der Waals surface area contributed by atoms with Gasteiger partial charge in [0.1, 0.15) is 6.61 Å². The Morgan fingerprint density at radius 1 is 0.386 bits per heavy atom. The number of hydrogen-bond donors (Lipinski definition) is 0. The quantitative estimate of drug-likeness (QED) is 0.0457. The van der Waals surface area contributed by atoms with Gasteiger partial charge in [0.05, 0.1) is 6.61 Å². The Bertz CT molecular complexity index is 704. The third-order valence-corrected chi connectivity index (χ3v) is 7.32. The first kappa shape index (κ1) is 44.0. The van der Waals surface area contributed by atoms with Crippen LogP contribution in [0, 0.1) is 0 Å². The molecule has 0 spiro atoms. The minimum atomic E-state index is -0.207. The summed E-state index contributed by atoms with van der Waals surface area (Å²) in [7, 11) is 0. The predicted octanol–water partition coefficient (Wildman–Crippen LogP) is 12.7. The van der Waals surface area contributed by atoms with Crippen molar-refractivity contribution in [1.82, 2.24) is 0 Å². The van der Waals surface area contributed by atoms with Crippen LogP contribution in [0.25, 0.3) is 0 Å². The van der Waals surface area contributed by atoms with Crippen molar-refractivity contribution in [1.29, 1.82) is 0 Å². The molecular weight excluding hydrogens is 544 g/mol. The van der Waals surface area contributed by atoms with Gasteiger partial charge in [-0.15, -0.1) is 0 Å². The summed E-state index contributed by atoms with van der Waals surface area (Å²) in [6, 6.07) is 0. The topological polar surface area (TPSA) is 52.6 Å². The Balaban J connectivity index is 0. The molecule has 4 nitrogen and oxygen atoms in total. The number of carbonyl (C=O) groups excluding carboxylic acids is 2. The highest BCUT2D eigenvalue weighted by molar-refractivity contribution is 5.66. The van der Waals surface area contributed by atoms with Crippen LogP contribution in [-0.2, 0) is 19.1 Å². The first-order valence-electron chi connectivity index (χ1n) is 18.4. The van der Waals surface area contributed by atoms with Crippen molar-refractivity contribution in [3.8, 4) is 0 Å². The molecule has 0 aliphatic rings. The maximum absolute atomic E-state index is 10.6. The average molecular weight is 617 g/mol. The van der Waals surface area contributed by atoms with E-state index in [9.17, 15) is 9.59 Å². The van der Waals surface area contributed by atoms with Crippen molar-refractivity contribution in [3.05, 3.63) is 48.6 Å². The smallest absolute Gasteiger partial charge is 0.302 e. The average Bonchev–Trinajstić information content (AvgIpc) is 3.00. The van der Waals surface area contributed by atoms with E-state index in [2.05, 4.69) is 56.4 Å². The van der Waals surface area contributed by atoms with Crippen LogP contribution in [0.4, 0.5) is 0 Å². The highest BCUT2D eigenvalue weighted by Crippen LogP contribution is 2.11. The molecule has 0 bridgehead atoms. The standard InChI is InChI=1S/2C20H36O2/c2*1-3-4-5-6-7-8-9-10-11-12-13-14-15-16-17-18-19-22-20(2)21/h6-7,17-18H,3-5,8-16,19H2,1-2H3;6-7,16-17H,3-5,8-15,18-19H2,1-2H3/b7-6-,18-17+;7-6-,17-16-. The normalized spacial score (nSPS) is 11.5. The first-order chi connectivity index (χ1) is 21.5. The van der Waals surface area contributed by atoms with Crippen molar-refractivity contribution in [3.63, 3.8) is 0 Å². The predicted molar refractivity (Wildman–Crippen MR) is 192 cm³/mol. The monoisotopic (exact) mass is 617 g/mol. The number of carbonyl (C=O) groups is 2. The van der Waals surface area contributed by atoms with Crippen LogP contribution in [0.5, 0.6) is 0 Å². The molecule has 0 aromatic rings. The molecule has 0 aliphatic carbocycles. The number of rotatable bonds is 30. The number of hydrogen-bond acceptors (Lipinski definition) is 4. The summed E-state index contributed by atoms with van der Waals surface area (Å²) in [5, 5.41) is 0. The molecular formula is C40H72O4. The van der Waals surface area contributed by atoms with E-state index < -0.39 is 0 Å². The molecule has 0 heterocycles. The maximum Gasteiger partial charge on any atom is 0.302 e. The van der Waals surface area contributed by atoms with E-state index in [4.69, 9.17) is 9.47 Å². The lowest BCUT2D eigenvalue weighted by Gasteiger charge is -2.00. The zero-order valence-corrected chi connectivity index (χ0v) is 29.6. The minimum Gasteiger partial charge on any atom is -0.466 e. The lowest BCUT2D eigenvalue weighted by Crippen LogP contribution is -1.98. The first-order valence-corrected chi connectivity index (χ1v) is 18.4. The van der Waals surface area contributed by atoms with E-state index >= 15 is 0 Å². The molecule has 0 aromatic heterocycles. The molecule has 44 heavy (non-hydrogen) atoms. The molecule has 0 rings (SSSR count). The Kier molecular flexibility index (Phi) is 40.9. The van der Waals surface area contributed by atoms with Crippen molar-refractivity contribution in [2.75, 3.05) is 13.2 Å². The summed E-state index contributed by atoms with van der Waals surface area (Å²) in [5.41, 5.74) is 0. The van der Waals surface area contributed by atoms with E-state index in [0.29, 0.717) is 13.2 Å². The fourth-order valence-corrected chi connectivity index (χ4v) is 4.61. The van der Waals surface area contributed by atoms with E-state index in [-0.39, 0.29) is 11.9 Å². The number of unbranched alkanes of at least 4 members (excludes halogenated alkanes) is 19. The van der Waals surface area contributed by atoms with Crippen molar-refractivity contribution >= 4 is 11.9 Å². The summed E-state index contributed by atoms with van der Waals surface area (Å²) in [6.07, 6.45) is 48.6. The van der Waals surface area contributed by atoms with Gasteiger partial charge in [-0.3, -0.25) is 9.59 Å². The summed E-state index contributed by atoms with van der Waals surface area (Å²) >= 11 is 0. The van der Waals surface area contributed by atoms with E-state index in [1.54, 1.807) is 0 Å². The molecule has 4 heteroatoms. The number of esters is 2. The van der Waals surface area contributed by atoms with Crippen LogP contribution < -0.4 is 0 Å². The van der Waals surface area contributed by atoms with Crippen LogP contribution in [0.1, 0.15) is 182 Å². The third kappa shape index (κ3) is 46.8. The highest BCUT2D eigenvalue weighted by Gasteiger charge is 1.93. The van der Waals surface area contributed by atoms with Gasteiger partial charge in [-0.25, -0.2) is 0 Å². The largest absolute Gasteiger partial charge is 0.466 e. The van der Waals surface area contributed by atoms with Gasteiger partial charge in [-0.05, 0) is 70.6 Å². The lowest BCUT2D eigenvalue weighted by molar-refractivity contribution is -0.141. The Morgan fingerprint density at radius 2 is 0.682 bits per heavy atom. The number of ether oxygens (including phenoxy) is 2. The maximum atomic E-state index is 10.6. The van der Waals surface area contributed by atoms with E-state index in [1.807, 2.05) is 6.08 Å². The van der Waals surface area contributed by atoms with Gasteiger partial charge in [-0.2, -0.15) is 0 Å².